The zero-order chi connectivity index (χ0) is 16.2. The van der Waals surface area contributed by atoms with Gasteiger partial charge in [0.15, 0.2) is 0 Å². The van der Waals surface area contributed by atoms with Gasteiger partial charge in [0, 0.05) is 11.3 Å². The Bertz CT molecular complexity index is 886. The fourth-order valence-electron chi connectivity index (χ4n) is 2.48. The van der Waals surface area contributed by atoms with E-state index < -0.39 is 5.97 Å². The van der Waals surface area contributed by atoms with Crippen LogP contribution in [0.4, 0.5) is 5.69 Å². The van der Waals surface area contributed by atoms with Gasteiger partial charge in [0.05, 0.1) is 6.42 Å². The van der Waals surface area contributed by atoms with Crippen LogP contribution < -0.4 is 5.32 Å². The smallest absolute Gasteiger partial charge is 0.307 e. The number of para-hydroxylation sites is 1. The van der Waals surface area contributed by atoms with Crippen molar-refractivity contribution < 1.29 is 14.7 Å². The molecule has 0 atom stereocenters. The Balaban J connectivity index is 1.87. The maximum atomic E-state index is 12.4. The first-order chi connectivity index (χ1) is 11.1. The Morgan fingerprint density at radius 3 is 2.35 bits per heavy atom. The lowest BCUT2D eigenvalue weighted by Gasteiger charge is -2.10. The van der Waals surface area contributed by atoms with Crippen molar-refractivity contribution in [2.45, 2.75) is 6.42 Å². The second kappa shape index (κ2) is 6.32. The molecule has 0 bridgehead atoms. The second-order valence-electron chi connectivity index (χ2n) is 5.24. The molecule has 0 aromatic heterocycles. The minimum Gasteiger partial charge on any atom is -0.481 e. The predicted octanol–water partition coefficient (Wildman–Crippen LogP) is 3.72. The summed E-state index contributed by atoms with van der Waals surface area (Å²) in [5.74, 6) is -1.19. The van der Waals surface area contributed by atoms with Gasteiger partial charge < -0.3 is 10.4 Å². The van der Waals surface area contributed by atoms with Crippen molar-refractivity contribution in [2.24, 2.45) is 0 Å². The van der Waals surface area contributed by atoms with Gasteiger partial charge in [0.25, 0.3) is 5.91 Å². The lowest BCUT2D eigenvalue weighted by molar-refractivity contribution is -0.136. The largest absolute Gasteiger partial charge is 0.481 e. The van der Waals surface area contributed by atoms with Crippen molar-refractivity contribution in [3.63, 3.8) is 0 Å². The predicted molar refractivity (Wildman–Crippen MR) is 89.7 cm³/mol. The van der Waals surface area contributed by atoms with Crippen molar-refractivity contribution >= 4 is 28.3 Å². The molecule has 4 heteroatoms. The van der Waals surface area contributed by atoms with Gasteiger partial charge in [-0.3, -0.25) is 9.59 Å². The lowest BCUT2D eigenvalue weighted by Crippen LogP contribution is -2.14. The molecule has 0 radical (unpaired) electrons. The summed E-state index contributed by atoms with van der Waals surface area (Å²) in [6.45, 7) is 0. The van der Waals surface area contributed by atoms with Gasteiger partial charge in [0.2, 0.25) is 0 Å². The first kappa shape index (κ1) is 14.8. The topological polar surface area (TPSA) is 66.4 Å². The molecule has 0 aliphatic rings. The van der Waals surface area contributed by atoms with Crippen LogP contribution in [0.2, 0.25) is 0 Å². The molecule has 3 aromatic carbocycles. The number of nitrogens with one attached hydrogen (secondary N) is 1. The molecule has 0 spiro atoms. The summed E-state index contributed by atoms with van der Waals surface area (Å²) in [5, 5.41) is 13.8. The molecule has 114 valence electrons. The molecule has 4 nitrogen and oxygen atoms in total. The third-order valence-corrected chi connectivity index (χ3v) is 3.62. The van der Waals surface area contributed by atoms with Crippen molar-refractivity contribution in [3.8, 4) is 0 Å². The molecule has 0 fully saturated rings. The number of hydrogen-bond donors (Lipinski definition) is 2. The minimum atomic E-state index is -0.933. The number of amides is 1. The van der Waals surface area contributed by atoms with Gasteiger partial charge in [-0.15, -0.1) is 0 Å². The quantitative estimate of drug-likeness (QED) is 0.772. The number of fused-ring (bicyclic) bond motifs is 1. The lowest BCUT2D eigenvalue weighted by atomic mass is 10.1. The van der Waals surface area contributed by atoms with E-state index in [1.807, 2.05) is 36.4 Å². The number of benzene rings is 3. The first-order valence-electron chi connectivity index (χ1n) is 7.23. The Morgan fingerprint density at radius 2 is 1.57 bits per heavy atom. The van der Waals surface area contributed by atoms with E-state index in [-0.39, 0.29) is 12.3 Å². The number of carbonyl (C=O) groups is 2. The van der Waals surface area contributed by atoms with Crippen LogP contribution in [0, 0.1) is 0 Å². The van der Waals surface area contributed by atoms with Gasteiger partial charge in [-0.05, 0) is 34.5 Å². The maximum Gasteiger partial charge on any atom is 0.307 e. The van der Waals surface area contributed by atoms with Gasteiger partial charge in [-0.1, -0.05) is 48.5 Å². The standard InChI is InChI=1S/C19H15NO3/c21-18(22)12-15-7-3-4-8-17(15)20-19(23)16-10-9-13-5-1-2-6-14(13)11-16/h1-11H,12H2,(H,20,23)(H,21,22). The van der Waals surface area contributed by atoms with E-state index in [0.29, 0.717) is 16.8 Å². The summed E-state index contributed by atoms with van der Waals surface area (Å²) in [6.07, 6.45) is -0.131. The van der Waals surface area contributed by atoms with Gasteiger partial charge in [-0.25, -0.2) is 0 Å². The highest BCUT2D eigenvalue weighted by molar-refractivity contribution is 6.06. The van der Waals surface area contributed by atoms with Crippen molar-refractivity contribution in [3.05, 3.63) is 77.9 Å². The average molecular weight is 305 g/mol. The highest BCUT2D eigenvalue weighted by Gasteiger charge is 2.11. The van der Waals surface area contributed by atoms with Gasteiger partial charge in [-0.2, -0.15) is 0 Å². The van der Waals surface area contributed by atoms with E-state index in [4.69, 9.17) is 5.11 Å². The third-order valence-electron chi connectivity index (χ3n) is 3.62. The summed E-state index contributed by atoms with van der Waals surface area (Å²) in [7, 11) is 0. The third kappa shape index (κ3) is 3.37. The molecule has 0 aliphatic carbocycles. The molecule has 3 rings (SSSR count). The van der Waals surface area contributed by atoms with Gasteiger partial charge in [0.1, 0.15) is 0 Å². The molecule has 2 N–H and O–H groups in total. The monoisotopic (exact) mass is 305 g/mol. The van der Waals surface area contributed by atoms with Crippen LogP contribution in [0.3, 0.4) is 0 Å². The number of aliphatic carboxylic acids is 1. The molecule has 1 amide bonds. The van der Waals surface area contributed by atoms with E-state index in [1.165, 1.54) is 0 Å². The summed E-state index contributed by atoms with van der Waals surface area (Å²) >= 11 is 0. The molecule has 0 aliphatic heterocycles. The van der Waals surface area contributed by atoms with Crippen molar-refractivity contribution in [2.75, 3.05) is 5.32 Å². The van der Waals surface area contributed by atoms with E-state index in [2.05, 4.69) is 5.32 Å². The van der Waals surface area contributed by atoms with E-state index in [9.17, 15) is 9.59 Å². The Hall–Kier alpha value is -3.14. The Morgan fingerprint density at radius 1 is 0.870 bits per heavy atom. The summed E-state index contributed by atoms with van der Waals surface area (Å²) in [4.78, 5) is 23.3. The number of anilines is 1. The van der Waals surface area contributed by atoms with Gasteiger partial charge >= 0.3 is 5.97 Å². The molecule has 0 saturated heterocycles. The minimum absolute atomic E-state index is 0.131. The molecule has 0 unspecified atom stereocenters. The van der Waals surface area contributed by atoms with Crippen LogP contribution in [0.15, 0.2) is 66.7 Å². The van der Waals surface area contributed by atoms with E-state index in [1.54, 1.807) is 30.3 Å². The number of rotatable bonds is 4. The highest BCUT2D eigenvalue weighted by Crippen LogP contribution is 2.19. The number of hydrogen-bond acceptors (Lipinski definition) is 2. The molecule has 3 aromatic rings. The van der Waals surface area contributed by atoms with Crippen molar-refractivity contribution in [1.82, 2.24) is 0 Å². The van der Waals surface area contributed by atoms with Crippen molar-refractivity contribution in [1.29, 1.82) is 0 Å². The highest BCUT2D eigenvalue weighted by atomic mass is 16.4. The normalized spacial score (nSPS) is 10.4. The molecule has 0 heterocycles. The molecular weight excluding hydrogens is 290 g/mol. The fraction of sp³-hybridized carbons (Fsp3) is 0.0526. The zero-order valence-electron chi connectivity index (χ0n) is 12.3. The first-order valence-corrected chi connectivity index (χ1v) is 7.23. The summed E-state index contributed by atoms with van der Waals surface area (Å²) in [5.41, 5.74) is 1.64. The van der Waals surface area contributed by atoms with Crippen LogP contribution in [0.25, 0.3) is 10.8 Å². The molecule has 23 heavy (non-hydrogen) atoms. The van der Waals surface area contributed by atoms with Crippen LogP contribution in [0.5, 0.6) is 0 Å². The number of carboxylic acid groups (broad SMARTS) is 1. The molecule has 0 saturated carbocycles. The average Bonchev–Trinajstić information content (AvgIpc) is 2.55. The van der Waals surface area contributed by atoms with Crippen LogP contribution in [0.1, 0.15) is 15.9 Å². The summed E-state index contributed by atoms with van der Waals surface area (Å²) in [6, 6.07) is 20.2. The SMILES string of the molecule is O=C(O)Cc1ccccc1NC(=O)c1ccc2ccccc2c1. The van der Waals surface area contributed by atoms with E-state index >= 15 is 0 Å². The van der Waals surface area contributed by atoms with E-state index in [0.717, 1.165) is 10.8 Å². The maximum absolute atomic E-state index is 12.4. The number of carboxylic acids is 1. The Kier molecular flexibility index (Phi) is 4.06. The van der Waals surface area contributed by atoms with Crippen LogP contribution in [-0.2, 0) is 11.2 Å². The van der Waals surface area contributed by atoms with Crippen LogP contribution >= 0.6 is 0 Å². The Labute approximate surface area is 133 Å². The molecular formula is C19H15NO3. The second-order valence-corrected chi connectivity index (χ2v) is 5.24. The number of carbonyl (C=O) groups excluding carboxylic acids is 1. The fourth-order valence-corrected chi connectivity index (χ4v) is 2.48. The van der Waals surface area contributed by atoms with Crippen LogP contribution in [-0.4, -0.2) is 17.0 Å². The summed E-state index contributed by atoms with van der Waals surface area (Å²) < 4.78 is 0. The zero-order valence-corrected chi connectivity index (χ0v) is 12.3.